The zero-order chi connectivity index (χ0) is 14.3. The average molecular weight is 305 g/mol. The molecular formula is C15H13ClN2OS. The smallest absolute Gasteiger partial charge is 0.131 e. The summed E-state index contributed by atoms with van der Waals surface area (Å²) in [5, 5.41) is 1.39. The number of nitrogens with two attached hydrogens (primary N) is 1. The molecule has 2 aromatic carbocycles. The molecule has 0 fully saturated rings. The highest BCUT2D eigenvalue weighted by Crippen LogP contribution is 2.39. The van der Waals surface area contributed by atoms with Crippen molar-refractivity contribution in [2.75, 3.05) is 12.8 Å². The lowest BCUT2D eigenvalue weighted by Gasteiger charge is -2.08. The minimum Gasteiger partial charge on any atom is -0.496 e. The predicted molar refractivity (Wildman–Crippen MR) is 85.8 cm³/mol. The number of hydrogen-bond donors (Lipinski definition) is 1. The largest absolute Gasteiger partial charge is 0.496 e. The fourth-order valence-corrected chi connectivity index (χ4v) is 3.19. The normalized spacial score (nSPS) is 10.9. The maximum Gasteiger partial charge on any atom is 0.131 e. The molecule has 102 valence electrons. The number of aryl methyl sites for hydroxylation is 1. The van der Waals surface area contributed by atoms with Gasteiger partial charge in [-0.2, -0.15) is 0 Å². The van der Waals surface area contributed by atoms with Crippen LogP contribution in [-0.4, -0.2) is 12.1 Å². The van der Waals surface area contributed by atoms with Gasteiger partial charge in [0.25, 0.3) is 0 Å². The van der Waals surface area contributed by atoms with Gasteiger partial charge < -0.3 is 10.5 Å². The summed E-state index contributed by atoms with van der Waals surface area (Å²) in [6.07, 6.45) is 0. The third-order valence-electron chi connectivity index (χ3n) is 3.09. The number of hydrogen-bond acceptors (Lipinski definition) is 4. The summed E-state index contributed by atoms with van der Waals surface area (Å²) in [4.78, 5) is 4.66. The third kappa shape index (κ3) is 2.21. The standard InChI is InChI=1S/C15H13ClN2OS/c1-8-3-4-14-12(5-8)18-15(20-14)9-6-10(16)11(17)7-13(9)19-2/h3-7H,17H2,1-2H3. The summed E-state index contributed by atoms with van der Waals surface area (Å²) in [5.41, 5.74) is 9.36. The Morgan fingerprint density at radius 2 is 2.05 bits per heavy atom. The number of thiazole rings is 1. The molecule has 0 aliphatic rings. The monoisotopic (exact) mass is 304 g/mol. The van der Waals surface area contributed by atoms with Gasteiger partial charge in [0.2, 0.25) is 0 Å². The van der Waals surface area contributed by atoms with Crippen molar-refractivity contribution < 1.29 is 4.74 Å². The zero-order valence-corrected chi connectivity index (χ0v) is 12.7. The van der Waals surface area contributed by atoms with Crippen LogP contribution in [0.4, 0.5) is 5.69 Å². The van der Waals surface area contributed by atoms with Gasteiger partial charge in [0, 0.05) is 6.07 Å². The van der Waals surface area contributed by atoms with E-state index in [1.54, 1.807) is 30.6 Å². The topological polar surface area (TPSA) is 48.1 Å². The van der Waals surface area contributed by atoms with Gasteiger partial charge in [0.05, 0.1) is 33.6 Å². The molecule has 1 heterocycles. The number of methoxy groups -OCH3 is 1. The molecule has 0 aliphatic carbocycles. The first kappa shape index (κ1) is 13.2. The molecule has 20 heavy (non-hydrogen) atoms. The van der Waals surface area contributed by atoms with Crippen molar-refractivity contribution in [2.24, 2.45) is 0 Å². The molecule has 0 unspecified atom stereocenters. The van der Waals surface area contributed by atoms with Crippen LogP contribution in [0.25, 0.3) is 20.8 Å². The molecule has 0 atom stereocenters. The highest BCUT2D eigenvalue weighted by atomic mass is 35.5. The first-order chi connectivity index (χ1) is 9.58. The molecule has 5 heteroatoms. The molecule has 2 N–H and O–H groups in total. The van der Waals surface area contributed by atoms with E-state index in [0.29, 0.717) is 16.5 Å². The fraction of sp³-hybridized carbons (Fsp3) is 0.133. The number of halogens is 1. The minimum absolute atomic E-state index is 0.504. The summed E-state index contributed by atoms with van der Waals surface area (Å²) in [7, 11) is 1.61. The SMILES string of the molecule is COc1cc(N)c(Cl)cc1-c1nc2cc(C)ccc2s1. The number of benzene rings is 2. The zero-order valence-electron chi connectivity index (χ0n) is 11.1. The Labute approximate surface area is 126 Å². The summed E-state index contributed by atoms with van der Waals surface area (Å²) < 4.78 is 6.52. The van der Waals surface area contributed by atoms with E-state index in [0.717, 1.165) is 20.8 Å². The average Bonchev–Trinajstić information content (AvgIpc) is 2.84. The molecule has 0 saturated carbocycles. The van der Waals surface area contributed by atoms with Gasteiger partial charge in [-0.15, -0.1) is 11.3 Å². The lowest BCUT2D eigenvalue weighted by Crippen LogP contribution is -1.92. The summed E-state index contributed by atoms with van der Waals surface area (Å²) in [5.74, 6) is 0.683. The summed E-state index contributed by atoms with van der Waals surface area (Å²) >= 11 is 7.73. The van der Waals surface area contributed by atoms with Gasteiger partial charge in [-0.25, -0.2) is 4.98 Å². The van der Waals surface area contributed by atoms with Crippen molar-refractivity contribution in [3.63, 3.8) is 0 Å². The highest BCUT2D eigenvalue weighted by Gasteiger charge is 2.14. The second-order valence-corrected chi connectivity index (χ2v) is 6.00. The van der Waals surface area contributed by atoms with Crippen LogP contribution < -0.4 is 10.5 Å². The van der Waals surface area contributed by atoms with E-state index in [9.17, 15) is 0 Å². The van der Waals surface area contributed by atoms with Crippen LogP contribution in [0.3, 0.4) is 0 Å². The van der Waals surface area contributed by atoms with Crippen LogP contribution in [0.1, 0.15) is 5.56 Å². The number of nitrogen functional groups attached to an aromatic ring is 1. The Kier molecular flexibility index (Phi) is 3.28. The third-order valence-corrected chi connectivity index (χ3v) is 4.49. The second-order valence-electron chi connectivity index (χ2n) is 4.56. The molecule has 0 spiro atoms. The van der Waals surface area contributed by atoms with Crippen molar-refractivity contribution >= 4 is 38.8 Å². The van der Waals surface area contributed by atoms with Crippen molar-refractivity contribution in [2.45, 2.75) is 6.92 Å². The lowest BCUT2D eigenvalue weighted by atomic mass is 10.2. The first-order valence-corrected chi connectivity index (χ1v) is 7.28. The Bertz CT molecular complexity index is 798. The minimum atomic E-state index is 0.504. The molecule has 3 rings (SSSR count). The number of ether oxygens (including phenoxy) is 1. The van der Waals surface area contributed by atoms with E-state index in [1.165, 1.54) is 5.56 Å². The summed E-state index contributed by atoms with van der Waals surface area (Å²) in [6, 6.07) is 9.77. The van der Waals surface area contributed by atoms with E-state index >= 15 is 0 Å². The maximum atomic E-state index is 6.11. The van der Waals surface area contributed by atoms with Gasteiger partial charge in [-0.1, -0.05) is 17.7 Å². The first-order valence-electron chi connectivity index (χ1n) is 6.09. The van der Waals surface area contributed by atoms with Crippen molar-refractivity contribution in [1.29, 1.82) is 0 Å². The van der Waals surface area contributed by atoms with Crippen LogP contribution in [0.5, 0.6) is 5.75 Å². The number of aromatic nitrogens is 1. The van der Waals surface area contributed by atoms with Gasteiger partial charge in [-0.05, 0) is 30.7 Å². The van der Waals surface area contributed by atoms with Crippen LogP contribution in [0.15, 0.2) is 30.3 Å². The molecule has 0 amide bonds. The van der Waals surface area contributed by atoms with E-state index < -0.39 is 0 Å². The second kappa shape index (κ2) is 4.96. The van der Waals surface area contributed by atoms with Crippen LogP contribution in [0, 0.1) is 6.92 Å². The van der Waals surface area contributed by atoms with Crippen molar-refractivity contribution in [3.05, 3.63) is 40.9 Å². The van der Waals surface area contributed by atoms with E-state index in [1.807, 2.05) is 0 Å². The predicted octanol–water partition coefficient (Wildman–Crippen LogP) is 4.52. The van der Waals surface area contributed by atoms with Crippen LogP contribution >= 0.6 is 22.9 Å². The Balaban J connectivity index is 2.22. The molecule has 0 aliphatic heterocycles. The fourth-order valence-electron chi connectivity index (χ4n) is 2.06. The van der Waals surface area contributed by atoms with Crippen molar-refractivity contribution in [1.82, 2.24) is 4.98 Å². The van der Waals surface area contributed by atoms with Gasteiger partial charge in [0.1, 0.15) is 10.8 Å². The maximum absolute atomic E-state index is 6.11. The highest BCUT2D eigenvalue weighted by molar-refractivity contribution is 7.21. The Morgan fingerprint density at radius 3 is 2.80 bits per heavy atom. The Hall–Kier alpha value is -1.78. The Morgan fingerprint density at radius 1 is 1.25 bits per heavy atom. The van der Waals surface area contributed by atoms with Crippen LogP contribution in [-0.2, 0) is 0 Å². The number of anilines is 1. The molecular weight excluding hydrogens is 292 g/mol. The van der Waals surface area contributed by atoms with Crippen molar-refractivity contribution in [3.8, 4) is 16.3 Å². The molecule has 1 aromatic heterocycles. The number of nitrogens with zero attached hydrogens (tertiary/aromatic N) is 1. The number of rotatable bonds is 2. The van der Waals surface area contributed by atoms with Gasteiger partial charge in [-0.3, -0.25) is 0 Å². The van der Waals surface area contributed by atoms with E-state index in [4.69, 9.17) is 22.1 Å². The van der Waals surface area contributed by atoms with E-state index in [-0.39, 0.29) is 0 Å². The lowest BCUT2D eigenvalue weighted by molar-refractivity contribution is 0.416. The van der Waals surface area contributed by atoms with Crippen LogP contribution in [0.2, 0.25) is 5.02 Å². The van der Waals surface area contributed by atoms with E-state index in [2.05, 4.69) is 30.1 Å². The van der Waals surface area contributed by atoms with Gasteiger partial charge >= 0.3 is 0 Å². The molecule has 0 saturated heterocycles. The summed E-state index contributed by atoms with van der Waals surface area (Å²) in [6.45, 7) is 2.05. The quantitative estimate of drug-likeness (QED) is 0.708. The molecule has 0 radical (unpaired) electrons. The molecule has 3 nitrogen and oxygen atoms in total. The number of fused-ring (bicyclic) bond motifs is 1. The molecule has 3 aromatic rings. The molecule has 0 bridgehead atoms. The van der Waals surface area contributed by atoms with Gasteiger partial charge in [0.15, 0.2) is 0 Å².